The van der Waals surface area contributed by atoms with E-state index >= 15 is 0 Å². The largest absolute Gasteiger partial charge is 0.349 e. The van der Waals surface area contributed by atoms with Gasteiger partial charge in [-0.05, 0) is 47.3 Å². The van der Waals surface area contributed by atoms with Gasteiger partial charge in [-0.1, -0.05) is 0 Å². The Hall–Kier alpha value is -0.660. The normalized spacial score (nSPS) is 15.9. The molecule has 1 fully saturated rings. The highest BCUT2D eigenvalue weighted by molar-refractivity contribution is 9.10. The fraction of sp³-hybridized carbons (Fsp3) is 0.364. The Morgan fingerprint density at radius 3 is 2.53 bits per heavy atom. The van der Waals surface area contributed by atoms with Crippen LogP contribution >= 0.6 is 26.6 Å². The van der Waals surface area contributed by atoms with Crippen LogP contribution < -0.4 is 5.32 Å². The van der Waals surface area contributed by atoms with Crippen LogP contribution in [0.15, 0.2) is 21.5 Å². The first kappa shape index (κ1) is 14.7. The van der Waals surface area contributed by atoms with Gasteiger partial charge in [0.15, 0.2) is 0 Å². The third kappa shape index (κ3) is 3.27. The molecule has 1 amide bonds. The van der Waals surface area contributed by atoms with E-state index in [4.69, 9.17) is 10.7 Å². The summed E-state index contributed by atoms with van der Waals surface area (Å²) in [7, 11) is 1.07. The first-order chi connectivity index (χ1) is 8.79. The average molecular weight is 371 g/mol. The molecule has 0 atom stereocenters. The monoisotopic (exact) mass is 369 g/mol. The van der Waals surface area contributed by atoms with E-state index in [0.29, 0.717) is 0 Å². The summed E-state index contributed by atoms with van der Waals surface area (Å²) in [6.45, 7) is 0. The minimum Gasteiger partial charge on any atom is -0.349 e. The van der Waals surface area contributed by atoms with E-state index in [2.05, 4.69) is 21.2 Å². The molecule has 4 nitrogen and oxygen atoms in total. The molecule has 1 aliphatic rings. The van der Waals surface area contributed by atoms with Gasteiger partial charge in [0.1, 0.15) is 10.7 Å². The lowest BCUT2D eigenvalue weighted by atomic mass is 9.93. The number of hydrogen-bond acceptors (Lipinski definition) is 3. The zero-order chi connectivity index (χ0) is 14.2. The van der Waals surface area contributed by atoms with Crippen molar-refractivity contribution in [1.29, 1.82) is 0 Å². The smallest absolute Gasteiger partial charge is 0.262 e. The third-order valence-corrected chi connectivity index (χ3v) is 5.41. The molecule has 0 radical (unpaired) electrons. The highest BCUT2D eigenvalue weighted by atomic mass is 79.9. The summed E-state index contributed by atoms with van der Waals surface area (Å²) >= 11 is 2.99. The summed E-state index contributed by atoms with van der Waals surface area (Å²) in [5.41, 5.74) is -0.0777. The van der Waals surface area contributed by atoms with Crippen LogP contribution in [0.5, 0.6) is 0 Å². The van der Waals surface area contributed by atoms with Crippen molar-refractivity contribution >= 4 is 41.6 Å². The average Bonchev–Trinajstić information content (AvgIpc) is 2.24. The van der Waals surface area contributed by atoms with Crippen LogP contribution in [-0.4, -0.2) is 20.4 Å². The van der Waals surface area contributed by atoms with Gasteiger partial charge in [0, 0.05) is 16.7 Å². The number of nitrogens with one attached hydrogen (secondary N) is 1. The Morgan fingerprint density at radius 1 is 1.42 bits per heavy atom. The van der Waals surface area contributed by atoms with Gasteiger partial charge in [-0.25, -0.2) is 12.8 Å². The minimum atomic E-state index is -4.13. The Bertz CT molecular complexity index is 631. The van der Waals surface area contributed by atoms with Crippen LogP contribution in [-0.2, 0) is 9.05 Å². The number of benzene rings is 1. The van der Waals surface area contributed by atoms with E-state index in [1.807, 2.05) is 0 Å². The van der Waals surface area contributed by atoms with Crippen molar-refractivity contribution in [1.82, 2.24) is 5.32 Å². The number of amides is 1. The predicted molar refractivity (Wildman–Crippen MR) is 72.2 cm³/mol. The SMILES string of the molecule is O=C(NC1CCC1)c1cc(F)cc(S(=O)(=O)Cl)c1Br. The zero-order valence-corrected chi connectivity index (χ0v) is 12.8. The van der Waals surface area contributed by atoms with Crippen LogP contribution in [0.25, 0.3) is 0 Å². The molecule has 104 valence electrons. The van der Waals surface area contributed by atoms with Gasteiger partial charge in [0.2, 0.25) is 0 Å². The van der Waals surface area contributed by atoms with E-state index in [0.717, 1.165) is 31.4 Å². The van der Waals surface area contributed by atoms with Crippen LogP contribution in [0.2, 0.25) is 0 Å². The van der Waals surface area contributed by atoms with Crippen molar-refractivity contribution < 1.29 is 17.6 Å². The molecule has 1 aromatic carbocycles. The van der Waals surface area contributed by atoms with Crippen molar-refractivity contribution in [3.05, 3.63) is 28.0 Å². The fourth-order valence-electron chi connectivity index (χ4n) is 1.72. The summed E-state index contributed by atoms with van der Waals surface area (Å²) in [5.74, 6) is -1.35. The molecule has 0 spiro atoms. The highest BCUT2D eigenvalue weighted by Gasteiger charge is 2.25. The van der Waals surface area contributed by atoms with Crippen LogP contribution in [0, 0.1) is 5.82 Å². The molecule has 0 aliphatic heterocycles. The van der Waals surface area contributed by atoms with Crippen LogP contribution in [0.1, 0.15) is 29.6 Å². The van der Waals surface area contributed by atoms with E-state index in [1.165, 1.54) is 0 Å². The first-order valence-corrected chi connectivity index (χ1v) is 8.64. The molecule has 0 saturated heterocycles. The van der Waals surface area contributed by atoms with Gasteiger partial charge >= 0.3 is 0 Å². The van der Waals surface area contributed by atoms with Gasteiger partial charge in [0.05, 0.1) is 10.0 Å². The molecule has 0 bridgehead atoms. The lowest BCUT2D eigenvalue weighted by molar-refractivity contribution is 0.0915. The Kier molecular flexibility index (Phi) is 4.17. The molecular formula is C11H10BrClFNO3S. The number of hydrogen-bond donors (Lipinski definition) is 1. The Morgan fingerprint density at radius 2 is 2.05 bits per heavy atom. The van der Waals surface area contributed by atoms with Gasteiger partial charge in [-0.15, -0.1) is 0 Å². The molecule has 1 N–H and O–H groups in total. The van der Waals surface area contributed by atoms with Crippen LogP contribution in [0.4, 0.5) is 4.39 Å². The van der Waals surface area contributed by atoms with E-state index in [9.17, 15) is 17.6 Å². The lowest BCUT2D eigenvalue weighted by Gasteiger charge is -2.26. The molecule has 0 aromatic heterocycles. The van der Waals surface area contributed by atoms with Crippen molar-refractivity contribution in [2.75, 3.05) is 0 Å². The molecule has 0 unspecified atom stereocenters. The summed E-state index contributed by atoms with van der Waals surface area (Å²) in [6, 6.07) is 1.81. The standard InChI is InChI=1S/C11H10BrClFNO3S/c12-10-8(11(16)15-7-2-1-3-7)4-6(14)5-9(10)19(13,17)18/h4-5,7H,1-3H2,(H,15,16). The molecule has 19 heavy (non-hydrogen) atoms. The quantitative estimate of drug-likeness (QED) is 0.832. The summed E-state index contributed by atoms with van der Waals surface area (Å²) in [5, 5.41) is 2.71. The second-order valence-corrected chi connectivity index (χ2v) is 7.63. The zero-order valence-electron chi connectivity index (χ0n) is 9.62. The number of carbonyl (C=O) groups excluding carboxylic acids is 1. The summed E-state index contributed by atoms with van der Waals surface area (Å²) in [4.78, 5) is 11.5. The minimum absolute atomic E-state index is 0.0271. The van der Waals surface area contributed by atoms with Crippen molar-refractivity contribution in [3.63, 3.8) is 0 Å². The summed E-state index contributed by atoms with van der Waals surface area (Å²) in [6.07, 6.45) is 2.79. The first-order valence-electron chi connectivity index (χ1n) is 5.53. The Labute approximate surface area is 122 Å². The molecule has 2 rings (SSSR count). The lowest BCUT2D eigenvalue weighted by Crippen LogP contribution is -2.39. The van der Waals surface area contributed by atoms with Crippen molar-refractivity contribution in [2.24, 2.45) is 0 Å². The maximum Gasteiger partial charge on any atom is 0.262 e. The number of halogens is 3. The van der Waals surface area contributed by atoms with Gasteiger partial charge in [-0.3, -0.25) is 4.79 Å². The van der Waals surface area contributed by atoms with Gasteiger partial charge in [-0.2, -0.15) is 0 Å². The van der Waals surface area contributed by atoms with Gasteiger partial charge in [0.25, 0.3) is 15.0 Å². The highest BCUT2D eigenvalue weighted by Crippen LogP contribution is 2.30. The van der Waals surface area contributed by atoms with Gasteiger partial charge < -0.3 is 5.32 Å². The molecule has 1 aliphatic carbocycles. The van der Waals surface area contributed by atoms with E-state index in [1.54, 1.807) is 0 Å². The maximum atomic E-state index is 13.4. The number of rotatable bonds is 3. The number of carbonyl (C=O) groups is 1. The van der Waals surface area contributed by atoms with Crippen molar-refractivity contribution in [2.45, 2.75) is 30.2 Å². The van der Waals surface area contributed by atoms with E-state index in [-0.39, 0.29) is 16.1 Å². The Balaban J connectivity index is 2.39. The molecule has 1 aromatic rings. The second kappa shape index (κ2) is 5.38. The fourth-order valence-corrected chi connectivity index (χ4v) is 3.99. The summed E-state index contributed by atoms with van der Waals surface area (Å²) < 4.78 is 36.0. The maximum absolute atomic E-state index is 13.4. The third-order valence-electron chi connectivity index (χ3n) is 2.95. The second-order valence-electron chi connectivity index (χ2n) is 4.30. The molecule has 8 heteroatoms. The predicted octanol–water partition coefficient (Wildman–Crippen LogP) is 2.80. The molecule has 0 heterocycles. The van der Waals surface area contributed by atoms with Crippen molar-refractivity contribution in [3.8, 4) is 0 Å². The molecule has 1 saturated carbocycles. The van der Waals surface area contributed by atoms with E-state index < -0.39 is 25.7 Å². The topological polar surface area (TPSA) is 63.2 Å². The molecular weight excluding hydrogens is 361 g/mol. The van der Waals surface area contributed by atoms with Crippen LogP contribution in [0.3, 0.4) is 0 Å².